The number of hydrogen-bond donors (Lipinski definition) is 2. The summed E-state index contributed by atoms with van der Waals surface area (Å²) in [5.74, 6) is -1.99. The lowest BCUT2D eigenvalue weighted by molar-refractivity contribution is -0.136. The molecule has 2 aromatic carbocycles. The van der Waals surface area contributed by atoms with Crippen LogP contribution < -0.4 is 11.1 Å². The minimum Gasteiger partial charge on any atom is -0.329 e. The van der Waals surface area contributed by atoms with Crippen molar-refractivity contribution in [1.82, 2.24) is 15.1 Å². The van der Waals surface area contributed by atoms with Crippen molar-refractivity contribution in [2.75, 3.05) is 13.1 Å². The Kier molecular flexibility index (Phi) is 5.92. The van der Waals surface area contributed by atoms with Gasteiger partial charge in [0.2, 0.25) is 11.8 Å². The fourth-order valence-electron chi connectivity index (χ4n) is 4.20. The SMILES string of the molecule is NCCN(Cc1ccccc1)Cc1cccc2c1C(=O)N(C1CCC(=O)NC1=O)C2=O. The first-order valence-electron chi connectivity index (χ1n) is 10.3. The quantitative estimate of drug-likeness (QED) is 0.648. The molecule has 8 heteroatoms. The van der Waals surface area contributed by atoms with Crippen LogP contribution in [-0.2, 0) is 22.7 Å². The zero-order chi connectivity index (χ0) is 22.0. The molecule has 8 nitrogen and oxygen atoms in total. The molecule has 1 fully saturated rings. The minimum atomic E-state index is -0.970. The van der Waals surface area contributed by atoms with Crippen molar-refractivity contribution in [3.63, 3.8) is 0 Å². The standard InChI is InChI=1S/C23H24N4O4/c24-11-12-26(13-15-5-2-1-3-6-15)14-16-7-4-8-17-20(16)23(31)27(22(17)30)18-9-10-19(28)25-21(18)29/h1-8,18H,9-14,24H2,(H,25,28,29). The number of piperidine rings is 1. The molecule has 0 bridgehead atoms. The molecule has 0 saturated carbocycles. The van der Waals surface area contributed by atoms with Gasteiger partial charge in [-0.15, -0.1) is 0 Å². The van der Waals surface area contributed by atoms with Crippen LogP contribution in [0.2, 0.25) is 0 Å². The van der Waals surface area contributed by atoms with Crippen molar-refractivity contribution >= 4 is 23.6 Å². The van der Waals surface area contributed by atoms with Gasteiger partial charge in [0.1, 0.15) is 6.04 Å². The van der Waals surface area contributed by atoms with E-state index in [2.05, 4.69) is 10.2 Å². The number of hydrogen-bond acceptors (Lipinski definition) is 6. The second kappa shape index (κ2) is 8.79. The van der Waals surface area contributed by atoms with Crippen molar-refractivity contribution in [3.8, 4) is 0 Å². The summed E-state index contributed by atoms with van der Waals surface area (Å²) >= 11 is 0. The first-order valence-corrected chi connectivity index (χ1v) is 10.3. The fraction of sp³-hybridized carbons (Fsp3) is 0.304. The third-order valence-corrected chi connectivity index (χ3v) is 5.64. The predicted octanol–water partition coefficient (Wildman–Crippen LogP) is 1.05. The molecular formula is C23H24N4O4. The number of benzene rings is 2. The van der Waals surface area contributed by atoms with Gasteiger partial charge in [-0.25, -0.2) is 0 Å². The van der Waals surface area contributed by atoms with Gasteiger partial charge >= 0.3 is 0 Å². The fourth-order valence-corrected chi connectivity index (χ4v) is 4.20. The number of nitrogens with one attached hydrogen (secondary N) is 1. The number of carbonyl (C=O) groups is 4. The number of amides is 4. The summed E-state index contributed by atoms with van der Waals surface area (Å²) in [7, 11) is 0. The average Bonchev–Trinajstić information content (AvgIpc) is 3.00. The smallest absolute Gasteiger partial charge is 0.262 e. The second-order valence-electron chi connectivity index (χ2n) is 7.77. The summed E-state index contributed by atoms with van der Waals surface area (Å²) < 4.78 is 0. The van der Waals surface area contributed by atoms with Crippen molar-refractivity contribution in [3.05, 3.63) is 70.8 Å². The second-order valence-corrected chi connectivity index (χ2v) is 7.77. The highest BCUT2D eigenvalue weighted by Gasteiger charge is 2.45. The lowest BCUT2D eigenvalue weighted by Crippen LogP contribution is -2.54. The predicted molar refractivity (Wildman–Crippen MR) is 113 cm³/mol. The minimum absolute atomic E-state index is 0.0953. The van der Waals surface area contributed by atoms with Crippen molar-refractivity contribution < 1.29 is 19.2 Å². The van der Waals surface area contributed by atoms with E-state index >= 15 is 0 Å². The Bertz CT molecular complexity index is 1040. The normalized spacial score (nSPS) is 18.5. The van der Waals surface area contributed by atoms with Crippen LogP contribution in [0.15, 0.2) is 48.5 Å². The molecule has 3 N–H and O–H groups in total. The Balaban J connectivity index is 1.60. The highest BCUT2D eigenvalue weighted by atomic mass is 16.2. The summed E-state index contributed by atoms with van der Waals surface area (Å²) in [6.45, 7) is 2.17. The molecule has 1 atom stereocenters. The number of imide groups is 2. The Hall–Kier alpha value is -3.36. The number of nitrogens with zero attached hydrogens (tertiary/aromatic N) is 2. The van der Waals surface area contributed by atoms with E-state index in [-0.39, 0.29) is 12.8 Å². The van der Waals surface area contributed by atoms with Crippen LogP contribution in [-0.4, -0.2) is 52.6 Å². The Morgan fingerprint density at radius 3 is 2.45 bits per heavy atom. The summed E-state index contributed by atoms with van der Waals surface area (Å²) in [4.78, 5) is 53.1. The molecule has 0 spiro atoms. The van der Waals surface area contributed by atoms with E-state index in [4.69, 9.17) is 5.73 Å². The Morgan fingerprint density at radius 1 is 0.968 bits per heavy atom. The maximum absolute atomic E-state index is 13.2. The van der Waals surface area contributed by atoms with E-state index in [0.29, 0.717) is 37.3 Å². The lowest BCUT2D eigenvalue weighted by Gasteiger charge is -2.28. The third kappa shape index (κ3) is 4.12. The molecule has 1 saturated heterocycles. The molecule has 2 heterocycles. The Labute approximate surface area is 180 Å². The summed E-state index contributed by atoms with van der Waals surface area (Å²) in [5.41, 5.74) is 8.26. The van der Waals surface area contributed by atoms with Crippen LogP contribution in [0.5, 0.6) is 0 Å². The lowest BCUT2D eigenvalue weighted by atomic mass is 10.0. The van der Waals surface area contributed by atoms with Crippen LogP contribution in [0.3, 0.4) is 0 Å². The number of rotatable bonds is 7. The van der Waals surface area contributed by atoms with Crippen LogP contribution in [0.25, 0.3) is 0 Å². The van der Waals surface area contributed by atoms with E-state index in [1.54, 1.807) is 12.1 Å². The number of carbonyl (C=O) groups excluding carboxylic acids is 4. The van der Waals surface area contributed by atoms with Gasteiger partial charge in [-0.1, -0.05) is 42.5 Å². The van der Waals surface area contributed by atoms with E-state index < -0.39 is 29.7 Å². The highest BCUT2D eigenvalue weighted by Crippen LogP contribution is 2.30. The first kappa shape index (κ1) is 20.9. The van der Waals surface area contributed by atoms with Crippen LogP contribution in [0.1, 0.15) is 44.7 Å². The summed E-state index contributed by atoms with van der Waals surface area (Å²) in [6.07, 6.45) is 0.233. The largest absolute Gasteiger partial charge is 0.329 e. The van der Waals surface area contributed by atoms with Gasteiger partial charge in [0, 0.05) is 32.6 Å². The molecule has 31 heavy (non-hydrogen) atoms. The van der Waals surface area contributed by atoms with Crippen LogP contribution in [0, 0.1) is 0 Å². The summed E-state index contributed by atoms with van der Waals surface area (Å²) in [5, 5.41) is 2.22. The molecule has 1 unspecified atom stereocenters. The number of nitrogens with two attached hydrogens (primary N) is 1. The van der Waals surface area contributed by atoms with Gasteiger partial charge in [-0.2, -0.15) is 0 Å². The molecule has 0 aliphatic carbocycles. The molecule has 4 amide bonds. The van der Waals surface area contributed by atoms with Gasteiger partial charge in [0.25, 0.3) is 11.8 Å². The first-order chi connectivity index (χ1) is 15.0. The zero-order valence-electron chi connectivity index (χ0n) is 17.0. The van der Waals surface area contributed by atoms with Gasteiger partial charge in [-0.3, -0.25) is 34.3 Å². The van der Waals surface area contributed by atoms with Gasteiger partial charge < -0.3 is 5.73 Å². The molecule has 4 rings (SSSR count). The van der Waals surface area contributed by atoms with Gasteiger partial charge in [-0.05, 0) is 23.6 Å². The zero-order valence-corrected chi connectivity index (χ0v) is 17.0. The van der Waals surface area contributed by atoms with E-state index in [1.165, 1.54) is 0 Å². The van der Waals surface area contributed by atoms with Gasteiger partial charge in [0.05, 0.1) is 11.1 Å². The topological polar surface area (TPSA) is 113 Å². The van der Waals surface area contributed by atoms with E-state index in [1.807, 2.05) is 36.4 Å². The molecule has 0 radical (unpaired) electrons. The number of fused-ring (bicyclic) bond motifs is 1. The van der Waals surface area contributed by atoms with Crippen LogP contribution in [0.4, 0.5) is 0 Å². The third-order valence-electron chi connectivity index (χ3n) is 5.64. The van der Waals surface area contributed by atoms with Crippen molar-refractivity contribution in [1.29, 1.82) is 0 Å². The molecular weight excluding hydrogens is 396 g/mol. The van der Waals surface area contributed by atoms with Crippen molar-refractivity contribution in [2.24, 2.45) is 5.73 Å². The monoisotopic (exact) mass is 420 g/mol. The van der Waals surface area contributed by atoms with Crippen molar-refractivity contribution in [2.45, 2.75) is 32.0 Å². The highest BCUT2D eigenvalue weighted by molar-refractivity contribution is 6.24. The van der Waals surface area contributed by atoms with Crippen LogP contribution >= 0.6 is 0 Å². The maximum Gasteiger partial charge on any atom is 0.262 e. The van der Waals surface area contributed by atoms with E-state index in [9.17, 15) is 19.2 Å². The Morgan fingerprint density at radius 2 is 1.74 bits per heavy atom. The van der Waals surface area contributed by atoms with Gasteiger partial charge in [0.15, 0.2) is 0 Å². The maximum atomic E-state index is 13.2. The molecule has 160 valence electrons. The average molecular weight is 420 g/mol. The summed E-state index contributed by atoms with van der Waals surface area (Å²) in [6, 6.07) is 14.2. The molecule has 2 aliphatic rings. The molecule has 2 aromatic rings. The van der Waals surface area contributed by atoms with E-state index in [0.717, 1.165) is 16.0 Å². The molecule has 0 aromatic heterocycles. The molecule has 2 aliphatic heterocycles.